The minimum absolute atomic E-state index is 0.303. The third kappa shape index (κ3) is 4.92. The Balaban J connectivity index is 1.01. The molecule has 0 saturated carbocycles. The fourth-order valence-electron chi connectivity index (χ4n) is 9.66. The van der Waals surface area contributed by atoms with Gasteiger partial charge in [0, 0.05) is 55.9 Å². The number of fused-ring (bicyclic) bond motifs is 9. The summed E-state index contributed by atoms with van der Waals surface area (Å²) in [4.78, 5) is 2.45. The van der Waals surface area contributed by atoms with Gasteiger partial charge >= 0.3 is 0 Å². The first-order valence-corrected chi connectivity index (χ1v) is 19.9. The van der Waals surface area contributed by atoms with Gasteiger partial charge in [0.25, 0.3) is 0 Å². The van der Waals surface area contributed by atoms with E-state index in [4.69, 9.17) is 0 Å². The van der Waals surface area contributed by atoms with Gasteiger partial charge in [0.15, 0.2) is 0 Å². The van der Waals surface area contributed by atoms with E-state index in [0.717, 1.165) is 6.42 Å². The SMILES string of the molecule is C1=C(c2ccc3c(c2)c2cc(-c4ccc5c(c4)c4ccccc4n5-c4ccccc4)ccc2n3-c2ccccc2)CC2C(=C1)N(c1ccccc1)c1ccccc12. The molecule has 1 unspecified atom stereocenters. The lowest BCUT2D eigenvalue weighted by Crippen LogP contribution is -2.15. The van der Waals surface area contributed by atoms with Crippen LogP contribution in [-0.4, -0.2) is 9.13 Å². The summed E-state index contributed by atoms with van der Waals surface area (Å²) in [5.41, 5.74) is 17.5. The highest BCUT2D eigenvalue weighted by molar-refractivity contribution is 6.13. The third-order valence-electron chi connectivity index (χ3n) is 12.2. The molecule has 10 aromatic rings. The Labute approximate surface area is 331 Å². The van der Waals surface area contributed by atoms with Gasteiger partial charge in [-0.25, -0.2) is 0 Å². The fourth-order valence-corrected chi connectivity index (χ4v) is 9.66. The zero-order chi connectivity index (χ0) is 37.5. The second kappa shape index (κ2) is 12.6. The third-order valence-corrected chi connectivity index (χ3v) is 12.2. The lowest BCUT2D eigenvalue weighted by atomic mass is 9.84. The van der Waals surface area contributed by atoms with Crippen molar-refractivity contribution in [2.45, 2.75) is 12.3 Å². The highest BCUT2D eigenvalue weighted by atomic mass is 15.2. The van der Waals surface area contributed by atoms with Gasteiger partial charge in [-0.2, -0.15) is 0 Å². The van der Waals surface area contributed by atoms with Crippen molar-refractivity contribution in [3.8, 4) is 22.5 Å². The number of allylic oxidation sites excluding steroid dienone is 4. The number of benzene rings is 8. The van der Waals surface area contributed by atoms with Gasteiger partial charge < -0.3 is 14.0 Å². The molecule has 1 aliphatic carbocycles. The molecule has 0 saturated heterocycles. The van der Waals surface area contributed by atoms with Gasteiger partial charge in [0.1, 0.15) is 0 Å². The van der Waals surface area contributed by atoms with Crippen LogP contribution >= 0.6 is 0 Å². The van der Waals surface area contributed by atoms with Crippen LogP contribution in [0.1, 0.15) is 23.5 Å². The van der Waals surface area contributed by atoms with E-state index >= 15 is 0 Å². The molecule has 1 aliphatic heterocycles. The Bertz CT molecular complexity index is 3260. The lowest BCUT2D eigenvalue weighted by Gasteiger charge is -2.26. The zero-order valence-corrected chi connectivity index (χ0v) is 31.3. The van der Waals surface area contributed by atoms with Gasteiger partial charge in [-0.15, -0.1) is 0 Å². The summed E-state index contributed by atoms with van der Waals surface area (Å²) in [6.07, 6.45) is 5.67. The molecule has 0 amide bonds. The number of nitrogens with zero attached hydrogens (tertiary/aromatic N) is 3. The van der Waals surface area contributed by atoms with Crippen LogP contribution in [0, 0.1) is 0 Å². The standard InChI is InChI=1S/C54H37N3/c1-4-14-40(15-5-1)55-49-22-12-10-20-43(49)45-32-36(24-28-51(45)55)38-26-30-53-47(34-38)48-35-39(27-31-54(48)57(53)42-18-8-3-9-19-42)37-25-29-52-46(33-37)44-21-11-13-23-50(44)56(52)41-16-6-2-7-17-41/h1-32,34-35,46H,33H2. The van der Waals surface area contributed by atoms with Crippen LogP contribution in [0.15, 0.2) is 212 Å². The van der Waals surface area contributed by atoms with Crippen molar-refractivity contribution in [3.05, 3.63) is 223 Å². The van der Waals surface area contributed by atoms with Crippen molar-refractivity contribution in [2.75, 3.05) is 4.90 Å². The van der Waals surface area contributed by atoms with E-state index in [1.54, 1.807) is 0 Å². The molecule has 3 heteroatoms. The fraction of sp³-hybridized carbons (Fsp3) is 0.0370. The Kier molecular flexibility index (Phi) is 7.05. The number of hydrogen-bond acceptors (Lipinski definition) is 1. The van der Waals surface area contributed by atoms with Crippen molar-refractivity contribution in [1.29, 1.82) is 0 Å². The minimum atomic E-state index is 0.303. The molecule has 2 aliphatic rings. The molecule has 57 heavy (non-hydrogen) atoms. The maximum Gasteiger partial charge on any atom is 0.0541 e. The van der Waals surface area contributed by atoms with Gasteiger partial charge in [0.05, 0.1) is 22.1 Å². The normalized spacial score (nSPS) is 14.9. The summed E-state index contributed by atoms with van der Waals surface area (Å²) in [6, 6.07) is 71.0. The van der Waals surface area contributed by atoms with E-state index < -0.39 is 0 Å². The second-order valence-corrected chi connectivity index (χ2v) is 15.3. The van der Waals surface area contributed by atoms with Crippen LogP contribution in [-0.2, 0) is 0 Å². The van der Waals surface area contributed by atoms with Gasteiger partial charge in [-0.3, -0.25) is 0 Å². The molecule has 0 spiro atoms. The van der Waals surface area contributed by atoms with Crippen LogP contribution in [0.4, 0.5) is 11.4 Å². The molecule has 268 valence electrons. The molecule has 2 aromatic heterocycles. The van der Waals surface area contributed by atoms with Crippen molar-refractivity contribution in [1.82, 2.24) is 9.13 Å². The molecule has 3 nitrogen and oxygen atoms in total. The molecular formula is C54H37N3. The minimum Gasteiger partial charge on any atom is -0.313 e. The molecule has 8 aromatic carbocycles. The monoisotopic (exact) mass is 727 g/mol. The Hall–Kier alpha value is -7.36. The summed E-state index contributed by atoms with van der Waals surface area (Å²) >= 11 is 0. The molecule has 0 bridgehead atoms. The molecule has 0 N–H and O–H groups in total. The molecule has 0 radical (unpaired) electrons. The number of hydrogen-bond donors (Lipinski definition) is 0. The van der Waals surface area contributed by atoms with Crippen molar-refractivity contribution in [3.63, 3.8) is 0 Å². The van der Waals surface area contributed by atoms with E-state index in [1.165, 1.54) is 99.9 Å². The van der Waals surface area contributed by atoms with Crippen molar-refractivity contribution in [2.24, 2.45) is 0 Å². The highest BCUT2D eigenvalue weighted by Gasteiger charge is 2.36. The van der Waals surface area contributed by atoms with Crippen LogP contribution in [0.25, 0.3) is 71.7 Å². The molecule has 12 rings (SSSR count). The molecular weight excluding hydrogens is 691 g/mol. The quantitative estimate of drug-likeness (QED) is 0.172. The summed E-state index contributed by atoms with van der Waals surface area (Å²) in [5, 5.41) is 5.05. The van der Waals surface area contributed by atoms with Crippen molar-refractivity contribution >= 4 is 60.6 Å². The first-order chi connectivity index (χ1) is 28.3. The average molecular weight is 728 g/mol. The van der Waals surface area contributed by atoms with Gasteiger partial charge in [0.2, 0.25) is 0 Å². The van der Waals surface area contributed by atoms with E-state index in [1.807, 2.05) is 0 Å². The van der Waals surface area contributed by atoms with Gasteiger partial charge in [-0.1, -0.05) is 115 Å². The summed E-state index contributed by atoms with van der Waals surface area (Å²) in [7, 11) is 0. The predicted octanol–water partition coefficient (Wildman–Crippen LogP) is 14.2. The number of rotatable bonds is 5. The van der Waals surface area contributed by atoms with Crippen LogP contribution in [0.2, 0.25) is 0 Å². The van der Waals surface area contributed by atoms with Crippen LogP contribution in [0.5, 0.6) is 0 Å². The van der Waals surface area contributed by atoms with Gasteiger partial charge in [-0.05, 0) is 125 Å². The predicted molar refractivity (Wildman–Crippen MR) is 239 cm³/mol. The first-order valence-electron chi connectivity index (χ1n) is 19.9. The summed E-state index contributed by atoms with van der Waals surface area (Å²) < 4.78 is 4.81. The number of para-hydroxylation sites is 5. The van der Waals surface area contributed by atoms with Crippen molar-refractivity contribution < 1.29 is 0 Å². The summed E-state index contributed by atoms with van der Waals surface area (Å²) in [6.45, 7) is 0. The van der Waals surface area contributed by atoms with E-state index in [-0.39, 0.29) is 0 Å². The second-order valence-electron chi connectivity index (χ2n) is 15.3. The van der Waals surface area contributed by atoms with E-state index in [9.17, 15) is 0 Å². The topological polar surface area (TPSA) is 13.1 Å². The molecule has 0 fully saturated rings. The Morgan fingerprint density at radius 2 is 0.842 bits per heavy atom. The zero-order valence-electron chi connectivity index (χ0n) is 31.3. The number of anilines is 2. The smallest absolute Gasteiger partial charge is 0.0541 e. The van der Waals surface area contributed by atoms with Crippen LogP contribution < -0.4 is 4.90 Å². The molecule has 1 atom stereocenters. The number of aromatic nitrogens is 2. The summed E-state index contributed by atoms with van der Waals surface area (Å²) in [5.74, 6) is 0.303. The van der Waals surface area contributed by atoms with Crippen LogP contribution in [0.3, 0.4) is 0 Å². The Morgan fingerprint density at radius 1 is 0.368 bits per heavy atom. The van der Waals surface area contributed by atoms with E-state index in [0.29, 0.717) is 5.92 Å². The first kappa shape index (κ1) is 31.9. The lowest BCUT2D eigenvalue weighted by molar-refractivity contribution is 0.832. The largest absolute Gasteiger partial charge is 0.313 e. The average Bonchev–Trinajstić information content (AvgIpc) is 3.92. The highest BCUT2D eigenvalue weighted by Crippen LogP contribution is 2.53. The van der Waals surface area contributed by atoms with E-state index in [2.05, 4.69) is 220 Å². The maximum absolute atomic E-state index is 2.45. The maximum atomic E-state index is 2.45. The Morgan fingerprint density at radius 3 is 1.47 bits per heavy atom. The molecule has 3 heterocycles.